The Bertz CT molecular complexity index is 739. The Morgan fingerprint density at radius 2 is 2.08 bits per heavy atom. The lowest BCUT2D eigenvalue weighted by atomic mass is 10.1. The maximum Gasteiger partial charge on any atom is 0.165 e. The van der Waals surface area contributed by atoms with Gasteiger partial charge in [0, 0.05) is 12.6 Å². The largest absolute Gasteiger partial charge is 0.394 e. The number of aliphatic hydroxyl groups excluding tert-OH is 3. The molecule has 5 N–H and O–H groups in total. The zero-order chi connectivity index (χ0) is 16.8. The maximum atomic E-state index is 10.2. The molecule has 2 fully saturated rings. The first kappa shape index (κ1) is 15.8. The third kappa shape index (κ3) is 2.31. The Morgan fingerprint density at radius 1 is 1.25 bits per heavy atom. The summed E-state index contributed by atoms with van der Waals surface area (Å²) in [6.45, 7) is 0.166. The number of hydrogen-bond donors (Lipinski definition) is 4. The highest BCUT2D eigenvalue weighted by Crippen LogP contribution is 2.34. The van der Waals surface area contributed by atoms with Crippen molar-refractivity contribution in [3.8, 4) is 0 Å². The third-order valence-corrected chi connectivity index (χ3v) is 4.59. The number of fused-ring (bicyclic) bond motifs is 1. The normalized spacial score (nSPS) is 36.7. The van der Waals surface area contributed by atoms with Crippen molar-refractivity contribution in [2.24, 2.45) is 5.73 Å². The van der Waals surface area contributed by atoms with Crippen molar-refractivity contribution in [3.05, 3.63) is 18.3 Å². The lowest BCUT2D eigenvalue weighted by Crippen LogP contribution is -2.33. The van der Waals surface area contributed by atoms with Gasteiger partial charge in [0.1, 0.15) is 42.0 Å². The van der Waals surface area contributed by atoms with Crippen LogP contribution in [0.5, 0.6) is 0 Å². The van der Waals surface area contributed by atoms with Crippen LogP contribution in [-0.2, 0) is 9.47 Å². The molecule has 2 aliphatic rings. The zero-order valence-electron chi connectivity index (χ0n) is 12.8. The first-order chi connectivity index (χ1) is 11.6. The highest BCUT2D eigenvalue weighted by molar-refractivity contribution is 5.73. The Kier molecular flexibility index (Phi) is 3.95. The van der Waals surface area contributed by atoms with E-state index in [1.165, 1.54) is 17.2 Å². The quantitative estimate of drug-likeness (QED) is 0.510. The number of aliphatic hydroxyl groups is 3. The third-order valence-electron chi connectivity index (χ3n) is 4.59. The SMILES string of the molecule is N[C@H]1CCOC1c1ncnc2c1ncn2[C@@H]1O[C@H](CO)[C@@H](O)[C@H]1O. The van der Waals surface area contributed by atoms with Crippen LogP contribution >= 0.6 is 0 Å². The predicted octanol–water partition coefficient (Wildman–Crippen LogP) is -1.77. The van der Waals surface area contributed by atoms with Crippen molar-refractivity contribution in [1.29, 1.82) is 0 Å². The number of aromatic nitrogens is 4. The van der Waals surface area contributed by atoms with Crippen LogP contribution in [0.4, 0.5) is 0 Å². The van der Waals surface area contributed by atoms with Crippen molar-refractivity contribution in [1.82, 2.24) is 19.5 Å². The lowest BCUT2D eigenvalue weighted by Gasteiger charge is -2.17. The van der Waals surface area contributed by atoms with Gasteiger partial charge in [-0.15, -0.1) is 0 Å². The second-order valence-electron chi connectivity index (χ2n) is 6.06. The molecule has 130 valence electrons. The number of imidazole rings is 1. The zero-order valence-corrected chi connectivity index (χ0v) is 12.8. The molecule has 4 heterocycles. The van der Waals surface area contributed by atoms with E-state index in [0.717, 1.165) is 6.42 Å². The molecule has 0 saturated carbocycles. The molecule has 0 radical (unpaired) electrons. The van der Waals surface area contributed by atoms with E-state index in [1.807, 2.05) is 0 Å². The molecule has 0 spiro atoms. The highest BCUT2D eigenvalue weighted by Gasteiger charge is 2.44. The first-order valence-corrected chi connectivity index (χ1v) is 7.79. The van der Waals surface area contributed by atoms with Gasteiger partial charge in [0.25, 0.3) is 0 Å². The molecule has 2 saturated heterocycles. The molecular weight excluding hydrogens is 318 g/mol. The van der Waals surface area contributed by atoms with Crippen molar-refractivity contribution in [2.75, 3.05) is 13.2 Å². The van der Waals surface area contributed by atoms with Gasteiger partial charge >= 0.3 is 0 Å². The van der Waals surface area contributed by atoms with E-state index >= 15 is 0 Å². The average molecular weight is 337 g/mol. The van der Waals surface area contributed by atoms with Gasteiger partial charge in [-0.2, -0.15) is 0 Å². The van der Waals surface area contributed by atoms with Gasteiger partial charge in [0.15, 0.2) is 11.9 Å². The Balaban J connectivity index is 1.74. The minimum Gasteiger partial charge on any atom is -0.394 e. The summed E-state index contributed by atoms with van der Waals surface area (Å²) in [5, 5.41) is 29.3. The minimum absolute atomic E-state index is 0.165. The van der Waals surface area contributed by atoms with Crippen LogP contribution < -0.4 is 5.73 Å². The first-order valence-electron chi connectivity index (χ1n) is 7.79. The molecule has 24 heavy (non-hydrogen) atoms. The van der Waals surface area contributed by atoms with Crippen LogP contribution in [0.25, 0.3) is 11.2 Å². The Hall–Kier alpha value is -1.69. The van der Waals surface area contributed by atoms with Gasteiger partial charge in [-0.1, -0.05) is 0 Å². The molecule has 2 aromatic heterocycles. The van der Waals surface area contributed by atoms with Gasteiger partial charge in [0.2, 0.25) is 0 Å². The van der Waals surface area contributed by atoms with Crippen molar-refractivity contribution in [3.63, 3.8) is 0 Å². The van der Waals surface area contributed by atoms with Gasteiger partial charge in [-0.3, -0.25) is 4.57 Å². The van der Waals surface area contributed by atoms with Gasteiger partial charge in [-0.25, -0.2) is 15.0 Å². The molecule has 1 unspecified atom stereocenters. The van der Waals surface area contributed by atoms with Gasteiger partial charge in [-0.05, 0) is 6.42 Å². The Morgan fingerprint density at radius 3 is 2.75 bits per heavy atom. The van der Waals surface area contributed by atoms with Crippen LogP contribution in [0, 0.1) is 0 Å². The van der Waals surface area contributed by atoms with Gasteiger partial charge in [0.05, 0.1) is 12.9 Å². The molecule has 2 aliphatic heterocycles. The second kappa shape index (κ2) is 5.99. The van der Waals surface area contributed by atoms with Crippen LogP contribution in [0.1, 0.15) is 24.4 Å². The summed E-state index contributed by atoms with van der Waals surface area (Å²) in [5.74, 6) is 0. The number of hydrogen-bond acceptors (Lipinski definition) is 9. The van der Waals surface area contributed by atoms with Crippen molar-refractivity contribution in [2.45, 2.75) is 43.1 Å². The van der Waals surface area contributed by atoms with E-state index < -0.39 is 31.1 Å². The number of rotatable bonds is 3. The molecule has 10 nitrogen and oxygen atoms in total. The van der Waals surface area contributed by atoms with E-state index in [-0.39, 0.29) is 12.1 Å². The monoisotopic (exact) mass is 337 g/mol. The predicted molar refractivity (Wildman–Crippen MR) is 79.6 cm³/mol. The summed E-state index contributed by atoms with van der Waals surface area (Å²) in [4.78, 5) is 12.8. The summed E-state index contributed by atoms with van der Waals surface area (Å²) < 4.78 is 12.7. The van der Waals surface area contributed by atoms with Crippen molar-refractivity contribution < 1.29 is 24.8 Å². The number of nitrogens with two attached hydrogens (primary N) is 1. The van der Waals surface area contributed by atoms with Crippen LogP contribution in [-0.4, -0.2) is 72.4 Å². The standard InChI is InChI=1S/C14H19N5O5/c15-6-1-2-23-12(6)8-9-13(17-4-16-8)19(5-18-9)14-11(22)10(21)7(3-20)24-14/h4-7,10-12,14,20-22H,1-3,15H2/t6-,7+,10+,11+,12?,14+/m0/s1. The molecule has 6 atom stereocenters. The fraction of sp³-hybridized carbons (Fsp3) is 0.643. The van der Waals surface area contributed by atoms with Crippen molar-refractivity contribution >= 4 is 11.2 Å². The fourth-order valence-electron chi connectivity index (χ4n) is 3.26. The summed E-state index contributed by atoms with van der Waals surface area (Å²) in [5.41, 5.74) is 7.61. The topological polar surface area (TPSA) is 149 Å². The molecule has 0 amide bonds. The van der Waals surface area contributed by atoms with E-state index in [0.29, 0.717) is 23.5 Å². The number of ether oxygens (including phenoxy) is 2. The Labute approximate surface area is 136 Å². The molecule has 4 rings (SSSR count). The van der Waals surface area contributed by atoms with Gasteiger partial charge < -0.3 is 30.5 Å². The summed E-state index contributed by atoms with van der Waals surface area (Å²) in [6, 6.07) is -0.165. The summed E-state index contributed by atoms with van der Waals surface area (Å²) >= 11 is 0. The number of nitrogens with zero attached hydrogens (tertiary/aromatic N) is 4. The lowest BCUT2D eigenvalue weighted by molar-refractivity contribution is -0.0511. The highest BCUT2D eigenvalue weighted by atomic mass is 16.6. The average Bonchev–Trinajstić information content (AvgIpc) is 3.27. The van der Waals surface area contributed by atoms with E-state index in [2.05, 4.69) is 15.0 Å². The van der Waals surface area contributed by atoms with Crippen LogP contribution in [0.2, 0.25) is 0 Å². The minimum atomic E-state index is -1.21. The maximum absolute atomic E-state index is 10.2. The fourth-order valence-corrected chi connectivity index (χ4v) is 3.26. The molecule has 0 bridgehead atoms. The smallest absolute Gasteiger partial charge is 0.165 e. The van der Waals surface area contributed by atoms with E-state index in [9.17, 15) is 15.3 Å². The van der Waals surface area contributed by atoms with E-state index in [4.69, 9.17) is 15.2 Å². The molecule has 0 aliphatic carbocycles. The summed E-state index contributed by atoms with van der Waals surface area (Å²) in [7, 11) is 0. The molecular formula is C14H19N5O5. The van der Waals surface area contributed by atoms with Crippen LogP contribution in [0.15, 0.2) is 12.7 Å². The second-order valence-corrected chi connectivity index (χ2v) is 6.06. The molecule has 2 aromatic rings. The molecule has 0 aromatic carbocycles. The molecule has 10 heteroatoms. The van der Waals surface area contributed by atoms with Crippen LogP contribution in [0.3, 0.4) is 0 Å². The summed E-state index contributed by atoms with van der Waals surface area (Å²) in [6.07, 6.45) is -0.934. The van der Waals surface area contributed by atoms with E-state index in [1.54, 1.807) is 0 Å².